The summed E-state index contributed by atoms with van der Waals surface area (Å²) in [5, 5.41) is 0. The molecule has 1 aromatic heterocycles. The van der Waals surface area contributed by atoms with Gasteiger partial charge in [0.05, 0.1) is 11.4 Å². The van der Waals surface area contributed by atoms with Gasteiger partial charge < -0.3 is 10.5 Å². The number of rotatable bonds is 3. The highest BCUT2D eigenvalue weighted by atomic mass is 16.5. The maximum absolute atomic E-state index is 6.01. The highest BCUT2D eigenvalue weighted by Crippen LogP contribution is 2.31. The third kappa shape index (κ3) is 2.45. The lowest BCUT2D eigenvalue weighted by Crippen LogP contribution is -1.99. The highest BCUT2D eigenvalue weighted by Gasteiger charge is 2.08. The molecular weight excluding hydrogens is 224 g/mol. The maximum Gasteiger partial charge on any atom is 0.150 e. The van der Waals surface area contributed by atoms with Crippen molar-refractivity contribution < 1.29 is 4.74 Å². The number of pyridine rings is 1. The van der Waals surface area contributed by atoms with Crippen molar-refractivity contribution in [1.29, 1.82) is 0 Å². The Morgan fingerprint density at radius 1 is 1.11 bits per heavy atom. The van der Waals surface area contributed by atoms with Crippen molar-refractivity contribution >= 4 is 5.69 Å². The van der Waals surface area contributed by atoms with Crippen LogP contribution in [0.5, 0.6) is 11.5 Å². The molecule has 18 heavy (non-hydrogen) atoms. The number of nitrogen functional groups attached to an aromatic ring is 1. The SMILES string of the molecule is CCc1nc(C)ccc1Oc1cccc(C)c1N. The van der Waals surface area contributed by atoms with Gasteiger partial charge in [0, 0.05) is 5.69 Å². The lowest BCUT2D eigenvalue weighted by molar-refractivity contribution is 0.475. The molecule has 0 aliphatic heterocycles. The van der Waals surface area contributed by atoms with Gasteiger partial charge in [-0.05, 0) is 44.0 Å². The number of ether oxygens (including phenoxy) is 1. The van der Waals surface area contributed by atoms with E-state index in [4.69, 9.17) is 10.5 Å². The van der Waals surface area contributed by atoms with Gasteiger partial charge >= 0.3 is 0 Å². The Balaban J connectivity index is 2.37. The van der Waals surface area contributed by atoms with Gasteiger partial charge in [-0.2, -0.15) is 0 Å². The second kappa shape index (κ2) is 5.08. The van der Waals surface area contributed by atoms with Crippen LogP contribution in [0.15, 0.2) is 30.3 Å². The average molecular weight is 242 g/mol. The summed E-state index contributed by atoms with van der Waals surface area (Å²) < 4.78 is 5.88. The minimum absolute atomic E-state index is 0.681. The molecule has 0 unspecified atom stereocenters. The van der Waals surface area contributed by atoms with Crippen molar-refractivity contribution in [2.75, 3.05) is 5.73 Å². The Hall–Kier alpha value is -2.03. The smallest absolute Gasteiger partial charge is 0.150 e. The molecule has 0 fully saturated rings. The molecular formula is C15H18N2O. The predicted octanol–water partition coefficient (Wildman–Crippen LogP) is 3.64. The molecule has 0 atom stereocenters. The van der Waals surface area contributed by atoms with E-state index in [2.05, 4.69) is 11.9 Å². The van der Waals surface area contributed by atoms with E-state index in [1.54, 1.807) is 0 Å². The summed E-state index contributed by atoms with van der Waals surface area (Å²) in [6.07, 6.45) is 0.836. The zero-order valence-electron chi connectivity index (χ0n) is 11.0. The van der Waals surface area contributed by atoms with Crippen LogP contribution in [0.25, 0.3) is 0 Å². The number of para-hydroxylation sites is 1. The molecule has 0 spiro atoms. The molecule has 0 amide bonds. The van der Waals surface area contributed by atoms with E-state index in [0.717, 1.165) is 29.1 Å². The van der Waals surface area contributed by atoms with E-state index in [0.29, 0.717) is 11.4 Å². The van der Waals surface area contributed by atoms with E-state index < -0.39 is 0 Å². The van der Waals surface area contributed by atoms with E-state index in [1.807, 2.05) is 44.2 Å². The first-order chi connectivity index (χ1) is 8.61. The van der Waals surface area contributed by atoms with Crippen LogP contribution in [0.3, 0.4) is 0 Å². The molecule has 2 N–H and O–H groups in total. The molecule has 0 bridgehead atoms. The van der Waals surface area contributed by atoms with E-state index in [-0.39, 0.29) is 0 Å². The number of hydrogen-bond acceptors (Lipinski definition) is 3. The Morgan fingerprint density at radius 2 is 1.89 bits per heavy atom. The molecule has 3 heteroatoms. The Bertz CT molecular complexity index is 564. The van der Waals surface area contributed by atoms with Gasteiger partial charge in [0.25, 0.3) is 0 Å². The lowest BCUT2D eigenvalue weighted by atomic mass is 10.2. The van der Waals surface area contributed by atoms with Crippen LogP contribution in [-0.2, 0) is 6.42 Å². The molecule has 0 radical (unpaired) electrons. The van der Waals surface area contributed by atoms with E-state index in [9.17, 15) is 0 Å². The quantitative estimate of drug-likeness (QED) is 0.836. The molecule has 2 rings (SSSR count). The van der Waals surface area contributed by atoms with Crippen LogP contribution in [0.2, 0.25) is 0 Å². The summed E-state index contributed by atoms with van der Waals surface area (Å²) in [6, 6.07) is 9.68. The lowest BCUT2D eigenvalue weighted by Gasteiger charge is -2.12. The molecule has 1 aromatic carbocycles. The zero-order chi connectivity index (χ0) is 13.1. The van der Waals surface area contributed by atoms with Gasteiger partial charge in [-0.15, -0.1) is 0 Å². The van der Waals surface area contributed by atoms with Gasteiger partial charge in [-0.3, -0.25) is 4.98 Å². The zero-order valence-corrected chi connectivity index (χ0v) is 11.0. The fourth-order valence-electron chi connectivity index (χ4n) is 1.81. The number of benzene rings is 1. The van der Waals surface area contributed by atoms with Crippen molar-refractivity contribution in [2.45, 2.75) is 27.2 Å². The molecule has 0 aliphatic rings. The van der Waals surface area contributed by atoms with E-state index >= 15 is 0 Å². The van der Waals surface area contributed by atoms with Crippen molar-refractivity contribution in [3.63, 3.8) is 0 Å². The second-order valence-electron chi connectivity index (χ2n) is 4.34. The number of nitrogens with two attached hydrogens (primary N) is 1. The Kier molecular flexibility index (Phi) is 3.51. The van der Waals surface area contributed by atoms with Gasteiger partial charge in [-0.1, -0.05) is 19.1 Å². The van der Waals surface area contributed by atoms with Crippen molar-refractivity contribution in [1.82, 2.24) is 4.98 Å². The highest BCUT2D eigenvalue weighted by molar-refractivity contribution is 5.59. The first-order valence-electron chi connectivity index (χ1n) is 6.11. The average Bonchev–Trinajstić information content (AvgIpc) is 2.37. The van der Waals surface area contributed by atoms with Crippen LogP contribution in [-0.4, -0.2) is 4.98 Å². The van der Waals surface area contributed by atoms with Gasteiger partial charge in [0.1, 0.15) is 5.75 Å². The summed E-state index contributed by atoms with van der Waals surface area (Å²) in [5.41, 5.74) is 9.66. The number of anilines is 1. The standard InChI is InChI=1S/C15H18N2O/c1-4-12-13(9-8-11(3)17-12)18-14-7-5-6-10(2)15(14)16/h5-9H,4,16H2,1-3H3. The predicted molar refractivity (Wildman–Crippen MR) is 74.0 cm³/mol. The fourth-order valence-corrected chi connectivity index (χ4v) is 1.81. The molecule has 0 saturated carbocycles. The molecule has 0 aliphatic carbocycles. The summed E-state index contributed by atoms with van der Waals surface area (Å²) in [6.45, 7) is 6.01. The van der Waals surface area contributed by atoms with Gasteiger partial charge in [0.15, 0.2) is 5.75 Å². The van der Waals surface area contributed by atoms with Crippen LogP contribution < -0.4 is 10.5 Å². The van der Waals surface area contributed by atoms with Gasteiger partial charge in [-0.25, -0.2) is 0 Å². The number of aryl methyl sites for hydroxylation is 3. The summed E-state index contributed by atoms with van der Waals surface area (Å²) >= 11 is 0. The van der Waals surface area contributed by atoms with E-state index in [1.165, 1.54) is 0 Å². The normalized spacial score (nSPS) is 10.4. The first-order valence-corrected chi connectivity index (χ1v) is 6.11. The topological polar surface area (TPSA) is 48.1 Å². The van der Waals surface area contributed by atoms with Crippen molar-refractivity contribution in [2.24, 2.45) is 0 Å². The summed E-state index contributed by atoms with van der Waals surface area (Å²) in [7, 11) is 0. The van der Waals surface area contributed by atoms with Crippen LogP contribution in [0.1, 0.15) is 23.9 Å². The maximum atomic E-state index is 6.01. The number of hydrogen-bond donors (Lipinski definition) is 1. The molecule has 1 heterocycles. The molecule has 94 valence electrons. The van der Waals surface area contributed by atoms with Gasteiger partial charge in [0.2, 0.25) is 0 Å². The minimum Gasteiger partial charge on any atom is -0.453 e. The molecule has 2 aromatic rings. The van der Waals surface area contributed by atoms with Crippen molar-refractivity contribution in [3.8, 4) is 11.5 Å². The van der Waals surface area contributed by atoms with Crippen LogP contribution in [0, 0.1) is 13.8 Å². The van der Waals surface area contributed by atoms with Crippen LogP contribution >= 0.6 is 0 Å². The Labute approximate surface area is 108 Å². The summed E-state index contributed by atoms with van der Waals surface area (Å²) in [4.78, 5) is 4.47. The largest absolute Gasteiger partial charge is 0.453 e. The number of aromatic nitrogens is 1. The first kappa shape index (κ1) is 12.4. The number of nitrogens with zero attached hydrogens (tertiary/aromatic N) is 1. The molecule has 3 nitrogen and oxygen atoms in total. The minimum atomic E-state index is 0.681. The third-order valence-electron chi connectivity index (χ3n) is 2.91. The Morgan fingerprint density at radius 3 is 2.61 bits per heavy atom. The fraction of sp³-hybridized carbons (Fsp3) is 0.267. The van der Waals surface area contributed by atoms with Crippen molar-refractivity contribution in [3.05, 3.63) is 47.3 Å². The molecule has 0 saturated heterocycles. The third-order valence-corrected chi connectivity index (χ3v) is 2.91. The van der Waals surface area contributed by atoms with Crippen LogP contribution in [0.4, 0.5) is 5.69 Å². The monoisotopic (exact) mass is 242 g/mol. The second-order valence-corrected chi connectivity index (χ2v) is 4.34. The summed E-state index contributed by atoms with van der Waals surface area (Å²) in [5.74, 6) is 1.47.